The average Bonchev–Trinajstić information content (AvgIpc) is 2.92. The van der Waals surface area contributed by atoms with Gasteiger partial charge in [0.2, 0.25) is 0 Å². The zero-order valence-electron chi connectivity index (χ0n) is 26.9. The van der Waals surface area contributed by atoms with Crippen LogP contribution in [-0.2, 0) is 11.2 Å². The molecule has 0 aromatic heterocycles. The van der Waals surface area contributed by atoms with Gasteiger partial charge in [-0.3, -0.25) is 9.69 Å². The van der Waals surface area contributed by atoms with Crippen LogP contribution in [0.5, 0.6) is 11.5 Å². The van der Waals surface area contributed by atoms with E-state index in [4.69, 9.17) is 15.9 Å². The van der Waals surface area contributed by atoms with Gasteiger partial charge in [-0.25, -0.2) is 0 Å². The highest BCUT2D eigenvalue weighted by Gasteiger charge is 2.39. The number of terminal acetylenes is 1. The lowest BCUT2D eigenvalue weighted by molar-refractivity contribution is -0.134. The minimum atomic E-state index is -0.400. The first-order valence-electron chi connectivity index (χ1n) is 16.4. The third kappa shape index (κ3) is 9.01. The van der Waals surface area contributed by atoms with Crippen LogP contribution in [0, 0.1) is 18.3 Å². The second-order valence-electron chi connectivity index (χ2n) is 13.3. The molecule has 3 aliphatic heterocycles. The third-order valence-corrected chi connectivity index (χ3v) is 9.48. The molecule has 6 heteroatoms. The molecule has 3 aliphatic rings. The quantitative estimate of drug-likeness (QED) is 0.0993. The van der Waals surface area contributed by atoms with Gasteiger partial charge < -0.3 is 14.4 Å². The van der Waals surface area contributed by atoms with E-state index >= 15 is 0 Å². The van der Waals surface area contributed by atoms with Crippen molar-refractivity contribution in [2.75, 3.05) is 32.7 Å². The number of hydrogen-bond donors (Lipinski definition) is 0. The normalized spacial score (nSPS) is 20.9. The molecule has 0 saturated carbocycles. The van der Waals surface area contributed by atoms with Gasteiger partial charge in [-0.1, -0.05) is 51.9 Å². The highest BCUT2D eigenvalue weighted by molar-refractivity contribution is 5.85. The van der Waals surface area contributed by atoms with Crippen LogP contribution in [0.2, 0.25) is 0 Å². The van der Waals surface area contributed by atoms with Gasteiger partial charge in [-0.15, -0.1) is 18.8 Å². The number of halogens is 1. The molecule has 0 bridgehead atoms. The molecule has 5 nitrogen and oxygen atoms in total. The van der Waals surface area contributed by atoms with Gasteiger partial charge in [0.05, 0.1) is 12.1 Å². The number of likely N-dealkylation sites (tertiary alicyclic amines) is 1. The number of unbranched alkanes of at least 4 members (excludes halogenated alkanes) is 2. The Bertz CT molecular complexity index is 1120. The van der Waals surface area contributed by atoms with Crippen molar-refractivity contribution >= 4 is 23.9 Å². The smallest absolute Gasteiger partial charge is 0.311 e. The van der Waals surface area contributed by atoms with Crippen molar-refractivity contribution in [2.24, 2.45) is 5.92 Å². The van der Waals surface area contributed by atoms with Crippen molar-refractivity contribution < 1.29 is 14.3 Å². The molecule has 234 valence electrons. The summed E-state index contributed by atoms with van der Waals surface area (Å²) in [6, 6.07) is 4.93. The van der Waals surface area contributed by atoms with Crippen LogP contribution in [0.25, 0.3) is 5.57 Å². The molecular weight excluding hydrogens is 544 g/mol. The number of benzene rings is 1. The Kier molecular flexibility index (Phi) is 13.3. The predicted molar refractivity (Wildman–Crippen MR) is 177 cm³/mol. The largest absolute Gasteiger partial charge is 0.483 e. The van der Waals surface area contributed by atoms with E-state index in [9.17, 15) is 4.79 Å². The molecule has 0 N–H and O–H groups in total. The molecule has 0 spiro atoms. The first-order chi connectivity index (χ1) is 19.7. The zero-order chi connectivity index (χ0) is 29.4. The maximum Gasteiger partial charge on any atom is 0.311 e. The summed E-state index contributed by atoms with van der Waals surface area (Å²) in [5, 5.41) is 0. The number of piperidine rings is 1. The maximum absolute atomic E-state index is 13.3. The number of ether oxygens (including phenoxy) is 2. The van der Waals surface area contributed by atoms with E-state index in [1.807, 2.05) is 0 Å². The van der Waals surface area contributed by atoms with Gasteiger partial charge in [0, 0.05) is 25.6 Å². The molecule has 42 heavy (non-hydrogen) atoms. The summed E-state index contributed by atoms with van der Waals surface area (Å²) < 4.78 is 12.9. The highest BCUT2D eigenvalue weighted by Crippen LogP contribution is 2.48. The van der Waals surface area contributed by atoms with Crippen LogP contribution in [0.1, 0.15) is 116 Å². The molecule has 1 fully saturated rings. The fourth-order valence-electron chi connectivity index (χ4n) is 6.95. The predicted octanol–water partition coefficient (Wildman–Crippen LogP) is 8.08. The van der Waals surface area contributed by atoms with E-state index in [1.54, 1.807) is 0 Å². The van der Waals surface area contributed by atoms with Crippen LogP contribution in [0.4, 0.5) is 0 Å². The van der Waals surface area contributed by atoms with Gasteiger partial charge >= 0.3 is 5.97 Å². The molecule has 1 aromatic rings. The number of carbonyl (C=O) groups is 1. The molecule has 0 amide bonds. The van der Waals surface area contributed by atoms with Crippen molar-refractivity contribution in [3.8, 4) is 23.8 Å². The number of fused-ring (bicyclic) bond motifs is 2. The molecule has 4 rings (SSSR count). The van der Waals surface area contributed by atoms with Gasteiger partial charge in [-0.2, -0.15) is 0 Å². The molecular formula is C36H55ClN2O3. The lowest BCUT2D eigenvalue weighted by Gasteiger charge is -2.42. The standard InChI is InChI=1S/C36H54N2O3.ClH/c1-7-9-10-14-27(3)17-18-29-24-32(40-34(39)16-13-22-38-21-12-11-15-28(38)4)35-30-26-37(20-8-2)23-19-31(30)36(5,6)41-33(35)25-29;/h2,24-25,27-28H,7,9-23,26H2,1,3-6H3;1H. The Balaban J connectivity index is 0.00000484. The van der Waals surface area contributed by atoms with Crippen LogP contribution < -0.4 is 9.47 Å². The van der Waals surface area contributed by atoms with Crippen LogP contribution in [-0.4, -0.2) is 60.1 Å². The molecule has 2 atom stereocenters. The fourth-order valence-corrected chi connectivity index (χ4v) is 6.95. The molecule has 0 radical (unpaired) electrons. The Labute approximate surface area is 262 Å². The van der Waals surface area contributed by atoms with E-state index in [-0.39, 0.29) is 18.4 Å². The Morgan fingerprint density at radius 2 is 2.00 bits per heavy atom. The minimum absolute atomic E-state index is 0. The summed E-state index contributed by atoms with van der Waals surface area (Å²) in [5.41, 5.74) is 4.27. The molecule has 1 aromatic carbocycles. The summed E-state index contributed by atoms with van der Waals surface area (Å²) in [5.74, 6) is 4.85. The number of hydrogen-bond acceptors (Lipinski definition) is 5. The maximum atomic E-state index is 13.3. The van der Waals surface area contributed by atoms with Gasteiger partial charge in [0.15, 0.2) is 0 Å². The second kappa shape index (κ2) is 16.2. The van der Waals surface area contributed by atoms with Crippen LogP contribution in [0.3, 0.4) is 0 Å². The lowest BCUT2D eigenvalue weighted by Crippen LogP contribution is -2.42. The summed E-state index contributed by atoms with van der Waals surface area (Å²) in [4.78, 5) is 18.1. The second-order valence-corrected chi connectivity index (χ2v) is 13.3. The molecule has 1 saturated heterocycles. The van der Waals surface area contributed by atoms with E-state index in [1.165, 1.54) is 61.7 Å². The topological polar surface area (TPSA) is 42.0 Å². The van der Waals surface area contributed by atoms with Gasteiger partial charge in [0.25, 0.3) is 0 Å². The van der Waals surface area contributed by atoms with Crippen molar-refractivity contribution in [1.82, 2.24) is 9.80 Å². The van der Waals surface area contributed by atoms with E-state index in [2.05, 4.69) is 62.5 Å². The SMILES string of the molecule is C#CCN1CCC2=C(C1)c1c(OC(=O)CCCN3CCCCC3C)cc(CCC(C)CCCCC)cc1OC2(C)C.Cl. The lowest BCUT2D eigenvalue weighted by atomic mass is 9.81. The number of aryl methyl sites for hydroxylation is 1. The number of esters is 1. The Hall–Kier alpha value is -2.00. The van der Waals surface area contributed by atoms with Gasteiger partial charge in [0.1, 0.15) is 17.1 Å². The van der Waals surface area contributed by atoms with Crippen molar-refractivity contribution in [2.45, 2.75) is 123 Å². The summed E-state index contributed by atoms with van der Waals surface area (Å²) in [7, 11) is 0. The number of carbonyl (C=O) groups excluding carboxylic acids is 1. The minimum Gasteiger partial charge on any atom is -0.483 e. The van der Waals surface area contributed by atoms with E-state index in [0.29, 0.717) is 30.7 Å². The molecule has 0 aliphatic carbocycles. The van der Waals surface area contributed by atoms with Crippen molar-refractivity contribution in [1.29, 1.82) is 0 Å². The molecule has 2 unspecified atom stereocenters. The third-order valence-electron chi connectivity index (χ3n) is 9.48. The summed E-state index contributed by atoms with van der Waals surface area (Å²) in [6.45, 7) is 15.6. The average molecular weight is 599 g/mol. The Morgan fingerprint density at radius 1 is 1.19 bits per heavy atom. The summed E-state index contributed by atoms with van der Waals surface area (Å²) in [6.07, 6.45) is 18.9. The van der Waals surface area contributed by atoms with Crippen molar-refractivity contribution in [3.05, 3.63) is 28.8 Å². The zero-order valence-corrected chi connectivity index (χ0v) is 27.8. The van der Waals surface area contributed by atoms with Gasteiger partial charge in [-0.05, 0) is 107 Å². The van der Waals surface area contributed by atoms with Crippen molar-refractivity contribution in [3.63, 3.8) is 0 Å². The van der Waals surface area contributed by atoms with Crippen LogP contribution in [0.15, 0.2) is 17.7 Å². The fraction of sp³-hybridized carbons (Fsp3) is 0.694. The monoisotopic (exact) mass is 598 g/mol. The Morgan fingerprint density at radius 3 is 2.74 bits per heavy atom. The first-order valence-corrected chi connectivity index (χ1v) is 16.4. The number of nitrogens with zero attached hydrogens (tertiary/aromatic N) is 2. The highest BCUT2D eigenvalue weighted by atomic mass is 35.5. The first kappa shape index (κ1) is 34.5. The van der Waals surface area contributed by atoms with E-state index in [0.717, 1.165) is 63.2 Å². The van der Waals surface area contributed by atoms with E-state index < -0.39 is 5.60 Å². The van der Waals surface area contributed by atoms with Crippen LogP contribution >= 0.6 is 12.4 Å². The molecule has 3 heterocycles. The summed E-state index contributed by atoms with van der Waals surface area (Å²) >= 11 is 0. The number of rotatable bonds is 13.